The molecule has 2 fully saturated rings. The number of thioether (sulfide) groups is 1. The molecule has 0 unspecified atom stereocenters. The van der Waals surface area contributed by atoms with Crippen molar-refractivity contribution in [3.05, 3.63) is 95.6 Å². The van der Waals surface area contributed by atoms with E-state index in [0.717, 1.165) is 11.1 Å². The number of likely N-dealkylation sites (tertiary alicyclic amines) is 2. The second-order valence-corrected chi connectivity index (χ2v) is 27.0. The van der Waals surface area contributed by atoms with E-state index in [4.69, 9.17) is 40.1 Å². The highest BCUT2D eigenvalue weighted by Gasteiger charge is 2.44. The monoisotopic (exact) mass is 1420 g/mol. The molecular weight excluding hydrogens is 1320 g/mol. The molecule has 1 aliphatic carbocycles. The second kappa shape index (κ2) is 39.9. The third-order valence-electron chi connectivity index (χ3n) is 17.9. The molecule has 2 heterocycles. The van der Waals surface area contributed by atoms with E-state index in [9.17, 15) is 52.7 Å². The van der Waals surface area contributed by atoms with Crippen molar-refractivity contribution >= 4 is 94.5 Å². The lowest BCUT2D eigenvalue weighted by atomic mass is 9.88. The smallest absolute Gasteiger partial charge is 0.245 e. The molecule has 10 atom stereocenters. The van der Waals surface area contributed by atoms with Crippen molar-refractivity contribution in [2.45, 2.75) is 183 Å². The van der Waals surface area contributed by atoms with Crippen molar-refractivity contribution in [1.82, 2.24) is 52.3 Å². The summed E-state index contributed by atoms with van der Waals surface area (Å²) in [5, 5.41) is 21.6. The Bertz CT molecular complexity index is 3400. The minimum absolute atomic E-state index is 0.0666. The number of fused-ring (bicyclic) bond motifs is 3. The second-order valence-electron chi connectivity index (χ2n) is 26.0. The lowest BCUT2D eigenvalue weighted by molar-refractivity contribution is -0.144. The highest BCUT2D eigenvalue weighted by Crippen LogP contribution is 2.46. The van der Waals surface area contributed by atoms with Gasteiger partial charge in [-0.25, -0.2) is 0 Å². The zero-order valence-electron chi connectivity index (χ0n) is 57.6. The van der Waals surface area contributed by atoms with E-state index in [-0.39, 0.29) is 76.6 Å². The highest BCUT2D eigenvalue weighted by atomic mass is 32.2. The Hall–Kier alpha value is -9.69. The number of nitrogens with one attached hydrogen (secondary N) is 8. The molecule has 550 valence electrons. The van der Waals surface area contributed by atoms with Crippen molar-refractivity contribution in [2.24, 2.45) is 51.0 Å². The van der Waals surface area contributed by atoms with Gasteiger partial charge in [0, 0.05) is 44.8 Å². The van der Waals surface area contributed by atoms with Crippen LogP contribution in [0.15, 0.2) is 83.9 Å². The van der Waals surface area contributed by atoms with Crippen molar-refractivity contribution < 1.29 is 62.3 Å². The number of carbonyl (C=O) groups is 13. The topological polar surface area (TPSA) is 519 Å². The van der Waals surface area contributed by atoms with Gasteiger partial charge >= 0.3 is 0 Å². The number of carbonyl (C=O) groups excluding carboxylic acids is 13. The third-order valence-corrected chi connectivity index (χ3v) is 18.6. The van der Waals surface area contributed by atoms with E-state index in [1.807, 2.05) is 32.2 Å². The van der Waals surface area contributed by atoms with Crippen LogP contribution in [0.2, 0.25) is 0 Å². The molecule has 0 spiro atoms. The maximum Gasteiger partial charge on any atom is 0.245 e. The van der Waals surface area contributed by atoms with Crippen LogP contribution < -0.4 is 82.7 Å². The van der Waals surface area contributed by atoms with Gasteiger partial charge in [-0.05, 0) is 136 Å². The Morgan fingerprint density at radius 2 is 1.07 bits per heavy atom. The average Bonchev–Trinajstić information content (AvgIpc) is 1.60. The van der Waals surface area contributed by atoms with Crippen LogP contribution in [0.5, 0.6) is 0 Å². The Morgan fingerprint density at radius 1 is 0.545 bits per heavy atom. The Kier molecular flexibility index (Phi) is 31.7. The summed E-state index contributed by atoms with van der Waals surface area (Å²) >= 11 is 1.45. The lowest BCUT2D eigenvalue weighted by Crippen LogP contribution is -2.61. The number of amides is 13. The standard InChI is InChI=1S/C69H100N18O13S/c1-39(2)36-50(63(95)80-46(59(74)91)30-35-101-3)79-56(90)38-78-60(92)51(37-40-16-5-4-6-17-40)84-66(98)58(57-43-20-9-7-18-41(43)42-19-8-10-21-44(42)57)85-62(94)48(27-29-55(73)89)81-61(93)47(26-28-54(72)88)82-64(96)53-25-15-34-87(53)68(100)49(23-11-12-31-70)83-65(97)52-24-14-33-86(52)67(99)45(71)22-13-32-77-69(75)76/h4-10,16-21,39,45-53,57-58H,11-15,22-38,70-71H2,1-3H3,(H2,72,88)(H2,73,89)(H2,74,91)(H,78,92)(H,79,90)(H,80,95)(H,81,93)(H,82,96)(H,83,97)(H,84,98)(H,85,94)(H4,75,76,77)/t45-,46-,47-,48-,49-,50-,51-,52-,53-,58-/m0/s1. The van der Waals surface area contributed by atoms with Crippen LogP contribution in [0.3, 0.4) is 0 Å². The van der Waals surface area contributed by atoms with E-state index >= 15 is 9.59 Å². The molecule has 13 amide bonds. The van der Waals surface area contributed by atoms with Crippen molar-refractivity contribution in [2.75, 3.05) is 44.7 Å². The number of benzene rings is 3. The third kappa shape index (κ3) is 24.0. The maximum atomic E-state index is 15.5. The first-order chi connectivity index (χ1) is 48.2. The summed E-state index contributed by atoms with van der Waals surface area (Å²) in [6.45, 7) is 3.84. The summed E-state index contributed by atoms with van der Waals surface area (Å²) in [6.07, 6.45) is 3.17. The molecular formula is C69H100N18O13S. The molecule has 3 aromatic carbocycles. The molecule has 22 N–H and O–H groups in total. The van der Waals surface area contributed by atoms with E-state index < -0.39 is 175 Å². The fourth-order valence-corrected chi connectivity index (χ4v) is 13.3. The Balaban J connectivity index is 1.25. The molecule has 32 heteroatoms. The average molecular weight is 1420 g/mol. The fourth-order valence-electron chi connectivity index (χ4n) is 12.8. The van der Waals surface area contributed by atoms with Gasteiger partial charge < -0.3 is 92.5 Å². The van der Waals surface area contributed by atoms with Crippen LogP contribution >= 0.6 is 11.8 Å². The summed E-state index contributed by atoms with van der Waals surface area (Å²) in [4.78, 5) is 188. The van der Waals surface area contributed by atoms with Gasteiger partial charge in [-0.1, -0.05) is 92.7 Å². The van der Waals surface area contributed by atoms with Gasteiger partial charge in [0.25, 0.3) is 0 Å². The molecule has 31 nitrogen and oxygen atoms in total. The number of guanidine groups is 1. The summed E-state index contributed by atoms with van der Waals surface area (Å²) < 4.78 is 0. The normalized spacial score (nSPS) is 17.0. The van der Waals surface area contributed by atoms with Gasteiger partial charge in [0.2, 0.25) is 76.8 Å². The summed E-state index contributed by atoms with van der Waals surface area (Å²) in [6, 6.07) is 10.1. The molecule has 2 aliphatic heterocycles. The van der Waals surface area contributed by atoms with Crippen molar-refractivity contribution in [3.63, 3.8) is 0 Å². The first-order valence-electron chi connectivity index (χ1n) is 34.3. The number of unbranched alkanes of at least 4 members (excludes halogenated alkanes) is 1. The van der Waals surface area contributed by atoms with Crippen LogP contribution in [0, 0.1) is 5.92 Å². The van der Waals surface area contributed by atoms with Crippen LogP contribution in [0.4, 0.5) is 0 Å². The summed E-state index contributed by atoms with van der Waals surface area (Å²) in [7, 11) is 0. The quantitative estimate of drug-likeness (QED) is 0.0164. The molecule has 6 rings (SSSR count). The highest BCUT2D eigenvalue weighted by molar-refractivity contribution is 7.98. The van der Waals surface area contributed by atoms with Gasteiger partial charge in [0.1, 0.15) is 54.4 Å². The molecule has 2 saturated heterocycles. The van der Waals surface area contributed by atoms with Crippen LogP contribution in [-0.2, 0) is 68.7 Å². The SMILES string of the molecule is CSCC[C@H](NC(=O)[C@H](CC(C)C)NC(=O)CNC(=O)[C@H](Cc1ccccc1)NC(=O)[C@@H](NC(=O)[C@H](CCC(N)=O)NC(=O)[C@H](CCC(N)=O)NC(=O)[C@@H]1CCCN1C(=O)[C@H](CCCCN)NC(=O)[C@@H]1CCCN1C(=O)[C@@H](N)CCCN=C(N)N)C1c2ccccc2-c2ccccc21)C(N)=O. The number of hydrogen-bond donors (Lipinski definition) is 15. The van der Waals surface area contributed by atoms with E-state index in [1.165, 1.54) is 21.6 Å². The first-order valence-corrected chi connectivity index (χ1v) is 35.7. The first kappa shape index (κ1) is 80.3. The van der Waals surface area contributed by atoms with Gasteiger partial charge in [-0.15, -0.1) is 0 Å². The Labute approximate surface area is 592 Å². The van der Waals surface area contributed by atoms with Gasteiger partial charge in [-0.3, -0.25) is 67.3 Å². The zero-order chi connectivity index (χ0) is 73.9. The van der Waals surface area contributed by atoms with Gasteiger partial charge in [-0.2, -0.15) is 11.8 Å². The number of hydrogen-bond acceptors (Lipinski definition) is 17. The van der Waals surface area contributed by atoms with Crippen molar-refractivity contribution in [3.8, 4) is 11.1 Å². The predicted octanol–water partition coefficient (Wildman–Crippen LogP) is -2.14. The molecule has 3 aromatic rings. The van der Waals surface area contributed by atoms with Crippen molar-refractivity contribution in [1.29, 1.82) is 0 Å². The van der Waals surface area contributed by atoms with E-state index in [0.29, 0.717) is 61.0 Å². The maximum absolute atomic E-state index is 15.5. The zero-order valence-corrected chi connectivity index (χ0v) is 58.4. The molecule has 0 radical (unpaired) electrons. The number of rotatable bonds is 41. The Morgan fingerprint density at radius 3 is 1.62 bits per heavy atom. The molecule has 3 aliphatic rings. The number of nitrogens with two attached hydrogens (primary N) is 7. The fraction of sp³-hybridized carbons (Fsp3) is 0.536. The summed E-state index contributed by atoms with van der Waals surface area (Å²) in [5.41, 5.74) is 43.0. The number of aliphatic imine (C=N–C) groups is 1. The molecule has 101 heavy (non-hydrogen) atoms. The van der Waals surface area contributed by atoms with E-state index in [2.05, 4.69) is 47.5 Å². The number of nitrogens with zero attached hydrogens (tertiary/aromatic N) is 3. The van der Waals surface area contributed by atoms with E-state index in [1.54, 1.807) is 66.7 Å². The van der Waals surface area contributed by atoms with Crippen LogP contribution in [0.1, 0.15) is 133 Å². The molecule has 0 aromatic heterocycles. The van der Waals surface area contributed by atoms with Crippen LogP contribution in [-0.4, -0.2) is 198 Å². The van der Waals surface area contributed by atoms with Gasteiger partial charge in [0.15, 0.2) is 5.96 Å². The molecule has 0 bridgehead atoms. The van der Waals surface area contributed by atoms with Gasteiger partial charge in [0.05, 0.1) is 12.6 Å². The predicted molar refractivity (Wildman–Crippen MR) is 379 cm³/mol. The lowest BCUT2D eigenvalue weighted by Gasteiger charge is -2.32. The van der Waals surface area contributed by atoms with Crippen LogP contribution in [0.25, 0.3) is 11.1 Å². The summed E-state index contributed by atoms with van der Waals surface area (Å²) in [5.74, 6) is -10.8. The minimum Gasteiger partial charge on any atom is -0.370 e. The minimum atomic E-state index is -1.69. The number of primary amides is 3. The molecule has 0 saturated carbocycles. The largest absolute Gasteiger partial charge is 0.370 e.